The minimum atomic E-state index is 0.692. The van der Waals surface area contributed by atoms with Gasteiger partial charge in [0.2, 0.25) is 0 Å². The minimum Gasteiger partial charge on any atom is -0.315 e. The van der Waals surface area contributed by atoms with E-state index in [9.17, 15) is 0 Å². The summed E-state index contributed by atoms with van der Waals surface area (Å²) in [4.78, 5) is 2.44. The SMILES string of the molecule is CC1CCNCC(C)N1C. The number of nitrogens with zero attached hydrogens (tertiary/aromatic N) is 1. The van der Waals surface area contributed by atoms with Crippen LogP contribution in [-0.4, -0.2) is 37.1 Å². The van der Waals surface area contributed by atoms with Crippen molar-refractivity contribution in [2.75, 3.05) is 20.1 Å². The predicted molar refractivity (Wildman–Crippen MR) is 44.2 cm³/mol. The van der Waals surface area contributed by atoms with E-state index >= 15 is 0 Å². The van der Waals surface area contributed by atoms with Crippen molar-refractivity contribution in [2.45, 2.75) is 32.4 Å². The molecule has 0 aliphatic carbocycles. The Hall–Kier alpha value is -0.0800. The van der Waals surface area contributed by atoms with Crippen LogP contribution in [-0.2, 0) is 0 Å². The molecule has 60 valence electrons. The highest BCUT2D eigenvalue weighted by Crippen LogP contribution is 2.07. The van der Waals surface area contributed by atoms with Crippen LogP contribution < -0.4 is 5.32 Å². The van der Waals surface area contributed by atoms with Crippen LogP contribution in [0.1, 0.15) is 20.3 Å². The molecule has 1 heterocycles. The summed E-state index contributed by atoms with van der Waals surface area (Å²) in [5.74, 6) is 0. The summed E-state index contributed by atoms with van der Waals surface area (Å²) >= 11 is 0. The van der Waals surface area contributed by atoms with E-state index in [4.69, 9.17) is 0 Å². The van der Waals surface area contributed by atoms with Gasteiger partial charge in [-0.05, 0) is 33.9 Å². The number of nitrogens with one attached hydrogen (secondary N) is 1. The van der Waals surface area contributed by atoms with E-state index < -0.39 is 0 Å². The Kier molecular flexibility index (Phi) is 2.69. The van der Waals surface area contributed by atoms with Gasteiger partial charge in [-0.2, -0.15) is 0 Å². The van der Waals surface area contributed by atoms with Crippen LogP contribution in [0, 0.1) is 0 Å². The molecule has 0 aromatic heterocycles. The van der Waals surface area contributed by atoms with Crippen LogP contribution in [0.25, 0.3) is 0 Å². The molecule has 1 rings (SSSR count). The highest BCUT2D eigenvalue weighted by atomic mass is 15.2. The number of hydrogen-bond acceptors (Lipinski definition) is 2. The molecule has 0 spiro atoms. The molecule has 0 bridgehead atoms. The maximum atomic E-state index is 3.42. The largest absolute Gasteiger partial charge is 0.315 e. The first kappa shape index (κ1) is 8.02. The first-order chi connectivity index (χ1) is 4.72. The monoisotopic (exact) mass is 142 g/mol. The van der Waals surface area contributed by atoms with Gasteiger partial charge in [0, 0.05) is 18.6 Å². The molecule has 2 nitrogen and oxygen atoms in total. The second kappa shape index (κ2) is 3.35. The van der Waals surface area contributed by atoms with Crippen molar-refractivity contribution in [3.8, 4) is 0 Å². The molecule has 2 unspecified atom stereocenters. The van der Waals surface area contributed by atoms with Crippen LogP contribution in [0.3, 0.4) is 0 Å². The normalized spacial score (nSPS) is 37.5. The molecule has 2 heteroatoms. The average molecular weight is 142 g/mol. The molecule has 10 heavy (non-hydrogen) atoms. The van der Waals surface area contributed by atoms with E-state index in [1.807, 2.05) is 0 Å². The molecule has 1 N–H and O–H groups in total. The van der Waals surface area contributed by atoms with Gasteiger partial charge in [0.1, 0.15) is 0 Å². The lowest BCUT2D eigenvalue weighted by atomic mass is 10.2. The average Bonchev–Trinajstić information content (AvgIpc) is 2.04. The Morgan fingerprint density at radius 1 is 1.30 bits per heavy atom. The van der Waals surface area contributed by atoms with E-state index in [1.165, 1.54) is 13.0 Å². The van der Waals surface area contributed by atoms with E-state index in [0.29, 0.717) is 6.04 Å². The van der Waals surface area contributed by atoms with Gasteiger partial charge in [0.25, 0.3) is 0 Å². The fraction of sp³-hybridized carbons (Fsp3) is 1.00. The van der Waals surface area contributed by atoms with E-state index in [2.05, 4.69) is 31.1 Å². The van der Waals surface area contributed by atoms with E-state index in [-0.39, 0.29) is 0 Å². The van der Waals surface area contributed by atoms with Crippen molar-refractivity contribution in [3.05, 3.63) is 0 Å². The molecule has 2 atom stereocenters. The third kappa shape index (κ3) is 1.70. The van der Waals surface area contributed by atoms with Crippen molar-refractivity contribution in [2.24, 2.45) is 0 Å². The summed E-state index contributed by atoms with van der Waals surface area (Å²) < 4.78 is 0. The topological polar surface area (TPSA) is 15.3 Å². The summed E-state index contributed by atoms with van der Waals surface area (Å²) in [5.41, 5.74) is 0. The Balaban J connectivity index is 2.46. The summed E-state index contributed by atoms with van der Waals surface area (Å²) in [7, 11) is 2.21. The second-order valence-electron chi connectivity index (χ2n) is 3.36. The van der Waals surface area contributed by atoms with Gasteiger partial charge in [-0.3, -0.25) is 4.90 Å². The van der Waals surface area contributed by atoms with Crippen LogP contribution >= 0.6 is 0 Å². The zero-order valence-electron chi connectivity index (χ0n) is 7.22. The van der Waals surface area contributed by atoms with Crippen LogP contribution in [0.4, 0.5) is 0 Å². The van der Waals surface area contributed by atoms with E-state index in [0.717, 1.165) is 12.6 Å². The molecule has 0 saturated carbocycles. The fourth-order valence-corrected chi connectivity index (χ4v) is 1.40. The Morgan fingerprint density at radius 3 is 2.70 bits per heavy atom. The highest BCUT2D eigenvalue weighted by molar-refractivity contribution is 4.76. The minimum absolute atomic E-state index is 0.692. The molecular formula is C8H18N2. The van der Waals surface area contributed by atoms with Crippen molar-refractivity contribution >= 4 is 0 Å². The third-order valence-electron chi connectivity index (χ3n) is 2.57. The van der Waals surface area contributed by atoms with E-state index in [1.54, 1.807) is 0 Å². The van der Waals surface area contributed by atoms with Crippen LogP contribution in [0.15, 0.2) is 0 Å². The summed E-state index contributed by atoms with van der Waals surface area (Å²) in [5, 5.41) is 3.42. The van der Waals surface area contributed by atoms with Gasteiger partial charge in [0.15, 0.2) is 0 Å². The molecular weight excluding hydrogens is 124 g/mol. The molecule has 1 aliphatic heterocycles. The highest BCUT2D eigenvalue weighted by Gasteiger charge is 2.17. The van der Waals surface area contributed by atoms with Crippen LogP contribution in [0.5, 0.6) is 0 Å². The number of likely N-dealkylation sites (N-methyl/N-ethyl adjacent to an activating group) is 1. The van der Waals surface area contributed by atoms with Gasteiger partial charge in [0.05, 0.1) is 0 Å². The molecule has 0 aromatic rings. The lowest BCUT2D eigenvalue weighted by Crippen LogP contribution is -2.38. The third-order valence-corrected chi connectivity index (χ3v) is 2.57. The molecule has 0 amide bonds. The van der Waals surface area contributed by atoms with Crippen LogP contribution in [0.2, 0.25) is 0 Å². The molecule has 1 fully saturated rings. The van der Waals surface area contributed by atoms with Gasteiger partial charge >= 0.3 is 0 Å². The van der Waals surface area contributed by atoms with Crippen molar-refractivity contribution in [3.63, 3.8) is 0 Å². The fourth-order valence-electron chi connectivity index (χ4n) is 1.40. The Bertz CT molecular complexity index is 91.4. The number of hydrogen-bond donors (Lipinski definition) is 1. The molecule has 0 radical (unpaired) electrons. The van der Waals surface area contributed by atoms with Crippen molar-refractivity contribution < 1.29 is 0 Å². The second-order valence-corrected chi connectivity index (χ2v) is 3.36. The van der Waals surface area contributed by atoms with Gasteiger partial charge in [-0.25, -0.2) is 0 Å². The lowest BCUT2D eigenvalue weighted by molar-refractivity contribution is 0.208. The predicted octanol–water partition coefficient (Wildman–Crippen LogP) is 0.688. The van der Waals surface area contributed by atoms with Gasteiger partial charge in [-0.1, -0.05) is 0 Å². The first-order valence-electron chi connectivity index (χ1n) is 4.14. The Labute approximate surface area is 63.6 Å². The molecule has 1 saturated heterocycles. The van der Waals surface area contributed by atoms with Crippen molar-refractivity contribution in [1.82, 2.24) is 10.2 Å². The summed E-state index contributed by atoms with van der Waals surface area (Å²) in [6, 6.07) is 1.43. The van der Waals surface area contributed by atoms with Gasteiger partial charge in [-0.15, -0.1) is 0 Å². The molecule has 0 aromatic carbocycles. The maximum absolute atomic E-state index is 3.42. The zero-order chi connectivity index (χ0) is 7.56. The summed E-state index contributed by atoms with van der Waals surface area (Å²) in [6.07, 6.45) is 1.28. The maximum Gasteiger partial charge on any atom is 0.0192 e. The lowest BCUT2D eigenvalue weighted by Gasteiger charge is -2.27. The summed E-state index contributed by atoms with van der Waals surface area (Å²) in [6.45, 7) is 6.88. The first-order valence-corrected chi connectivity index (χ1v) is 4.14. The zero-order valence-corrected chi connectivity index (χ0v) is 7.22. The van der Waals surface area contributed by atoms with Crippen molar-refractivity contribution in [1.29, 1.82) is 0 Å². The standard InChI is InChI=1S/C8H18N2/c1-7-4-5-9-6-8(2)10(7)3/h7-9H,4-6H2,1-3H3. The Morgan fingerprint density at radius 2 is 2.00 bits per heavy atom. The number of rotatable bonds is 0. The smallest absolute Gasteiger partial charge is 0.0192 e. The molecule has 1 aliphatic rings. The van der Waals surface area contributed by atoms with Gasteiger partial charge < -0.3 is 5.32 Å². The quantitative estimate of drug-likeness (QED) is 0.535.